The lowest BCUT2D eigenvalue weighted by atomic mass is 10.0. The Labute approximate surface area is 124 Å². The zero-order chi connectivity index (χ0) is 14.2. The number of nitrogens with zero attached hydrogens (tertiary/aromatic N) is 7. The van der Waals surface area contributed by atoms with Gasteiger partial charge < -0.3 is 4.57 Å². The minimum absolute atomic E-state index is 0.296. The molecule has 1 saturated carbocycles. The summed E-state index contributed by atoms with van der Waals surface area (Å²) in [5.41, 5.74) is 0. The molecule has 0 bridgehead atoms. The Morgan fingerprint density at radius 1 is 1.14 bits per heavy atom. The first-order valence-corrected chi connectivity index (χ1v) is 7.82. The monoisotopic (exact) mass is 287 g/mol. The van der Waals surface area contributed by atoms with Crippen molar-refractivity contribution >= 4 is 0 Å². The van der Waals surface area contributed by atoms with Crippen LogP contribution in [0.3, 0.4) is 0 Å². The van der Waals surface area contributed by atoms with Crippen LogP contribution in [-0.4, -0.2) is 47.7 Å². The quantitative estimate of drug-likeness (QED) is 0.854. The summed E-state index contributed by atoms with van der Waals surface area (Å²) >= 11 is 0. The Kier molecular flexibility index (Phi) is 3.21. The predicted molar refractivity (Wildman–Crippen MR) is 76.6 cm³/mol. The second kappa shape index (κ2) is 5.22. The van der Waals surface area contributed by atoms with Crippen LogP contribution in [0.15, 0.2) is 18.7 Å². The van der Waals surface area contributed by atoms with Crippen molar-refractivity contribution in [2.75, 3.05) is 13.1 Å². The van der Waals surface area contributed by atoms with Crippen LogP contribution in [0.2, 0.25) is 0 Å². The lowest BCUT2D eigenvalue weighted by Crippen LogP contribution is -2.37. The molecule has 0 N–H and O–H groups in total. The Balaban J connectivity index is 1.42. The maximum absolute atomic E-state index is 4.27. The zero-order valence-electron chi connectivity index (χ0n) is 12.3. The Morgan fingerprint density at radius 2 is 1.95 bits per heavy atom. The van der Waals surface area contributed by atoms with E-state index in [4.69, 9.17) is 0 Å². The lowest BCUT2D eigenvalue weighted by Gasteiger charge is -2.35. The number of rotatable bonds is 4. The van der Waals surface area contributed by atoms with Crippen LogP contribution in [0.25, 0.3) is 0 Å². The first-order chi connectivity index (χ1) is 10.3. The highest BCUT2D eigenvalue weighted by Gasteiger charge is 2.32. The van der Waals surface area contributed by atoms with Crippen molar-refractivity contribution in [2.24, 2.45) is 0 Å². The number of piperidine rings is 1. The van der Waals surface area contributed by atoms with Crippen LogP contribution < -0.4 is 0 Å². The van der Waals surface area contributed by atoms with Crippen molar-refractivity contribution in [2.45, 2.75) is 50.7 Å². The van der Waals surface area contributed by atoms with Crippen molar-refractivity contribution in [3.05, 3.63) is 24.5 Å². The molecular weight excluding hydrogens is 266 g/mol. The van der Waals surface area contributed by atoms with Crippen molar-refractivity contribution in [3.63, 3.8) is 0 Å². The molecule has 1 atom stereocenters. The van der Waals surface area contributed by atoms with E-state index < -0.39 is 0 Å². The van der Waals surface area contributed by atoms with Crippen LogP contribution >= 0.6 is 0 Å². The van der Waals surface area contributed by atoms with Gasteiger partial charge >= 0.3 is 0 Å². The van der Waals surface area contributed by atoms with Gasteiger partial charge in [0.15, 0.2) is 5.82 Å². The summed E-state index contributed by atoms with van der Waals surface area (Å²) in [6, 6.07) is 1.42. The van der Waals surface area contributed by atoms with E-state index in [2.05, 4.69) is 43.1 Å². The smallest absolute Gasteiger partial charge is 0.168 e. The molecule has 2 fully saturated rings. The normalized spacial score (nSPS) is 22.5. The number of hydrogen-bond acceptors (Lipinski definition) is 5. The SMILES string of the molecule is C[C@@H](c1nnnn1C1CC1)N1CCC(n2ccnc2)CC1. The third-order valence-corrected chi connectivity index (χ3v) is 4.78. The third-order valence-electron chi connectivity index (χ3n) is 4.78. The van der Waals surface area contributed by atoms with Crippen LogP contribution in [-0.2, 0) is 0 Å². The van der Waals surface area contributed by atoms with Gasteiger partial charge in [-0.25, -0.2) is 9.67 Å². The van der Waals surface area contributed by atoms with Crippen LogP contribution in [0.5, 0.6) is 0 Å². The second-order valence-corrected chi connectivity index (χ2v) is 6.17. The molecule has 21 heavy (non-hydrogen) atoms. The molecular formula is C14H21N7. The molecule has 2 aromatic rings. The minimum atomic E-state index is 0.296. The summed E-state index contributed by atoms with van der Waals surface area (Å²) < 4.78 is 4.27. The van der Waals surface area contributed by atoms with E-state index in [0.717, 1.165) is 31.8 Å². The van der Waals surface area contributed by atoms with Gasteiger partial charge in [0, 0.05) is 31.5 Å². The predicted octanol–water partition coefficient (Wildman–Crippen LogP) is 1.60. The molecule has 3 heterocycles. The molecule has 1 aliphatic carbocycles. The van der Waals surface area contributed by atoms with Crippen LogP contribution in [0.4, 0.5) is 0 Å². The summed E-state index contributed by atoms with van der Waals surface area (Å²) in [6.07, 6.45) is 10.6. The van der Waals surface area contributed by atoms with Gasteiger partial charge in [-0.1, -0.05) is 0 Å². The van der Waals surface area contributed by atoms with Crippen molar-refractivity contribution in [1.29, 1.82) is 0 Å². The van der Waals surface area contributed by atoms with Gasteiger partial charge in [0.2, 0.25) is 0 Å². The Bertz CT molecular complexity index is 578. The van der Waals surface area contributed by atoms with Crippen LogP contribution in [0, 0.1) is 0 Å². The molecule has 0 spiro atoms. The molecule has 0 radical (unpaired) electrons. The van der Waals surface area contributed by atoms with Gasteiger partial charge in [-0.15, -0.1) is 5.10 Å². The van der Waals surface area contributed by atoms with E-state index in [1.807, 2.05) is 17.2 Å². The maximum Gasteiger partial charge on any atom is 0.168 e. The Morgan fingerprint density at radius 3 is 2.62 bits per heavy atom. The first-order valence-electron chi connectivity index (χ1n) is 7.82. The average molecular weight is 287 g/mol. The topological polar surface area (TPSA) is 64.7 Å². The molecule has 2 aliphatic rings. The van der Waals surface area contributed by atoms with Crippen molar-refractivity contribution in [1.82, 2.24) is 34.7 Å². The van der Waals surface area contributed by atoms with Gasteiger partial charge in [0.25, 0.3) is 0 Å². The number of hydrogen-bond donors (Lipinski definition) is 0. The van der Waals surface area contributed by atoms with Gasteiger partial charge in [-0.2, -0.15) is 0 Å². The molecule has 7 heteroatoms. The standard InChI is InChI=1S/C14H21N7/c1-11(14-16-17-18-21(14)13-2-3-13)19-7-4-12(5-8-19)20-9-6-15-10-20/h6,9-13H,2-5,7-8H2,1H3/t11-/m0/s1. The van der Waals surface area contributed by atoms with E-state index in [1.165, 1.54) is 12.8 Å². The summed E-state index contributed by atoms with van der Waals surface area (Å²) in [6.45, 7) is 4.39. The Hall–Kier alpha value is -1.76. The average Bonchev–Trinajstić information content (AvgIpc) is 3.05. The summed E-state index contributed by atoms with van der Waals surface area (Å²) in [7, 11) is 0. The fourth-order valence-electron chi connectivity index (χ4n) is 3.27. The van der Waals surface area contributed by atoms with E-state index in [-0.39, 0.29) is 0 Å². The molecule has 1 saturated heterocycles. The van der Waals surface area contributed by atoms with E-state index in [1.54, 1.807) is 0 Å². The third kappa shape index (κ3) is 2.46. The molecule has 2 aromatic heterocycles. The molecule has 7 nitrogen and oxygen atoms in total. The highest BCUT2D eigenvalue weighted by Crippen LogP contribution is 2.36. The minimum Gasteiger partial charge on any atom is -0.334 e. The fraction of sp³-hybridized carbons (Fsp3) is 0.714. The highest BCUT2D eigenvalue weighted by molar-refractivity contribution is 4.97. The number of imidazole rings is 1. The number of aromatic nitrogens is 6. The fourth-order valence-corrected chi connectivity index (χ4v) is 3.27. The maximum atomic E-state index is 4.27. The second-order valence-electron chi connectivity index (χ2n) is 6.17. The van der Waals surface area contributed by atoms with Crippen LogP contribution in [0.1, 0.15) is 56.6 Å². The van der Waals surface area contributed by atoms with Gasteiger partial charge in [0.05, 0.1) is 18.4 Å². The van der Waals surface area contributed by atoms with E-state index in [0.29, 0.717) is 18.1 Å². The lowest BCUT2D eigenvalue weighted by molar-refractivity contribution is 0.135. The molecule has 4 rings (SSSR count). The molecule has 0 amide bonds. The summed E-state index contributed by atoms with van der Waals surface area (Å²) in [5, 5.41) is 12.3. The first kappa shape index (κ1) is 12.9. The van der Waals surface area contributed by atoms with Gasteiger partial charge in [0.1, 0.15) is 0 Å². The number of likely N-dealkylation sites (tertiary alicyclic amines) is 1. The molecule has 0 unspecified atom stereocenters. The zero-order valence-corrected chi connectivity index (χ0v) is 12.3. The summed E-state index contributed by atoms with van der Waals surface area (Å²) in [5.74, 6) is 1.03. The van der Waals surface area contributed by atoms with Gasteiger partial charge in [-0.05, 0) is 43.0 Å². The van der Waals surface area contributed by atoms with E-state index >= 15 is 0 Å². The molecule has 1 aliphatic heterocycles. The van der Waals surface area contributed by atoms with Gasteiger partial charge in [-0.3, -0.25) is 4.90 Å². The molecule has 0 aromatic carbocycles. The summed E-state index contributed by atoms with van der Waals surface area (Å²) in [4.78, 5) is 6.65. The van der Waals surface area contributed by atoms with Crippen molar-refractivity contribution in [3.8, 4) is 0 Å². The van der Waals surface area contributed by atoms with E-state index in [9.17, 15) is 0 Å². The van der Waals surface area contributed by atoms with Crippen molar-refractivity contribution < 1.29 is 0 Å². The highest BCUT2D eigenvalue weighted by atomic mass is 15.6. The largest absolute Gasteiger partial charge is 0.334 e. The number of tetrazole rings is 1. The molecule has 112 valence electrons.